The van der Waals surface area contributed by atoms with Crippen LogP contribution >= 0.6 is 35.3 Å². The molecule has 1 aliphatic rings. The Bertz CT molecular complexity index is 640. The minimum atomic E-state index is 0. The lowest BCUT2D eigenvalue weighted by Crippen LogP contribution is -2.33. The maximum atomic E-state index is 5.91. The molecule has 0 aliphatic heterocycles. The molecular weight excluding hydrogens is 419 g/mol. The smallest absolute Gasteiger partial charge is 0.188 e. The number of pyridine rings is 1. The van der Waals surface area contributed by atoms with Crippen LogP contribution in [0.25, 0.3) is 0 Å². The second kappa shape index (κ2) is 9.22. The molecule has 124 valence electrons. The maximum Gasteiger partial charge on any atom is 0.188 e. The number of aryl methyl sites for hydroxylation is 2. The van der Waals surface area contributed by atoms with Gasteiger partial charge >= 0.3 is 0 Å². The Morgan fingerprint density at radius 1 is 1.26 bits per heavy atom. The van der Waals surface area contributed by atoms with Gasteiger partial charge in [-0.15, -0.1) is 35.3 Å². The standard InChI is InChI=1S/C17H22N4S.HI/c18-17(19-10-9-15-5-3-11-22-15)20-12-14-8-7-13-4-1-2-6-16(13)21-14;/h3,5,7-8,11H,1-2,4,6,9-10,12H2,(H3,18,19,20);1H. The third kappa shape index (κ3) is 5.46. The molecule has 0 amide bonds. The highest BCUT2D eigenvalue weighted by atomic mass is 127. The number of nitrogens with two attached hydrogens (primary N) is 1. The molecule has 3 N–H and O–H groups in total. The molecule has 2 aromatic heterocycles. The number of guanidine groups is 1. The van der Waals surface area contributed by atoms with Crippen molar-refractivity contribution in [3.8, 4) is 0 Å². The summed E-state index contributed by atoms with van der Waals surface area (Å²) < 4.78 is 0. The number of aliphatic imine (C=N–C) groups is 1. The maximum absolute atomic E-state index is 5.91. The second-order valence-corrected chi connectivity index (χ2v) is 6.61. The zero-order chi connectivity index (χ0) is 15.2. The van der Waals surface area contributed by atoms with Crippen molar-refractivity contribution in [2.75, 3.05) is 6.54 Å². The topological polar surface area (TPSA) is 63.3 Å². The Kier molecular flexibility index (Phi) is 7.29. The van der Waals surface area contributed by atoms with Crippen molar-refractivity contribution in [2.24, 2.45) is 10.7 Å². The van der Waals surface area contributed by atoms with Gasteiger partial charge in [-0.1, -0.05) is 12.1 Å². The van der Waals surface area contributed by atoms with Crippen molar-refractivity contribution >= 4 is 41.3 Å². The molecule has 0 atom stereocenters. The third-order valence-corrected chi connectivity index (χ3v) is 4.84. The molecule has 4 nitrogen and oxygen atoms in total. The average Bonchev–Trinajstić information content (AvgIpc) is 3.06. The van der Waals surface area contributed by atoms with Gasteiger partial charge in [0.2, 0.25) is 0 Å². The van der Waals surface area contributed by atoms with Gasteiger partial charge in [0.15, 0.2) is 5.96 Å². The van der Waals surface area contributed by atoms with E-state index >= 15 is 0 Å². The molecule has 0 saturated heterocycles. The van der Waals surface area contributed by atoms with Crippen molar-refractivity contribution in [1.82, 2.24) is 10.3 Å². The van der Waals surface area contributed by atoms with E-state index in [9.17, 15) is 0 Å². The fraction of sp³-hybridized carbons (Fsp3) is 0.412. The number of halogens is 1. The molecule has 0 fully saturated rings. The number of fused-ring (bicyclic) bond motifs is 1. The number of nitrogens with zero attached hydrogens (tertiary/aromatic N) is 2. The van der Waals surface area contributed by atoms with Gasteiger partial charge in [-0.05, 0) is 55.2 Å². The summed E-state index contributed by atoms with van der Waals surface area (Å²) in [5, 5.41) is 5.25. The predicted molar refractivity (Wildman–Crippen MR) is 108 cm³/mol. The largest absolute Gasteiger partial charge is 0.370 e. The Labute approximate surface area is 158 Å². The number of thiophene rings is 1. The summed E-state index contributed by atoms with van der Waals surface area (Å²) in [4.78, 5) is 10.5. The number of aromatic nitrogens is 1. The monoisotopic (exact) mass is 442 g/mol. The van der Waals surface area contributed by atoms with Crippen molar-refractivity contribution in [2.45, 2.75) is 38.6 Å². The summed E-state index contributed by atoms with van der Waals surface area (Å²) in [7, 11) is 0. The summed E-state index contributed by atoms with van der Waals surface area (Å²) >= 11 is 1.77. The first kappa shape index (κ1) is 18.2. The molecule has 23 heavy (non-hydrogen) atoms. The first-order valence-electron chi connectivity index (χ1n) is 7.85. The lowest BCUT2D eigenvalue weighted by atomic mass is 9.96. The Hall–Kier alpha value is -1.15. The van der Waals surface area contributed by atoms with Crippen molar-refractivity contribution in [3.63, 3.8) is 0 Å². The third-order valence-electron chi connectivity index (χ3n) is 3.90. The van der Waals surface area contributed by atoms with E-state index in [0.717, 1.165) is 31.5 Å². The van der Waals surface area contributed by atoms with Crippen LogP contribution in [0.2, 0.25) is 0 Å². The zero-order valence-electron chi connectivity index (χ0n) is 13.1. The molecule has 0 bridgehead atoms. The van der Waals surface area contributed by atoms with Crippen LogP contribution < -0.4 is 11.1 Å². The van der Waals surface area contributed by atoms with Crippen LogP contribution in [-0.4, -0.2) is 17.5 Å². The normalized spacial score (nSPS) is 14.0. The Morgan fingerprint density at radius 3 is 2.96 bits per heavy atom. The molecule has 2 heterocycles. The summed E-state index contributed by atoms with van der Waals surface area (Å²) in [6, 6.07) is 8.48. The highest BCUT2D eigenvalue weighted by Gasteiger charge is 2.10. The fourth-order valence-electron chi connectivity index (χ4n) is 2.71. The van der Waals surface area contributed by atoms with Crippen LogP contribution in [0.15, 0.2) is 34.6 Å². The quantitative estimate of drug-likeness (QED) is 0.425. The average molecular weight is 442 g/mol. The molecule has 0 spiro atoms. The summed E-state index contributed by atoms with van der Waals surface area (Å²) in [6.07, 6.45) is 5.77. The SMILES string of the molecule is I.NC(=NCc1ccc2c(n1)CCCC2)NCCc1cccs1. The molecule has 1 aliphatic carbocycles. The highest BCUT2D eigenvalue weighted by Crippen LogP contribution is 2.19. The van der Waals surface area contributed by atoms with Crippen molar-refractivity contribution < 1.29 is 0 Å². The van der Waals surface area contributed by atoms with E-state index in [1.807, 2.05) is 0 Å². The van der Waals surface area contributed by atoms with Crippen molar-refractivity contribution in [3.05, 3.63) is 51.5 Å². The molecule has 6 heteroatoms. The van der Waals surface area contributed by atoms with Crippen LogP contribution in [0.3, 0.4) is 0 Å². The Morgan fingerprint density at radius 2 is 2.13 bits per heavy atom. The van der Waals surface area contributed by atoms with Crippen LogP contribution in [0.5, 0.6) is 0 Å². The Balaban J connectivity index is 0.00000192. The van der Waals surface area contributed by atoms with Crippen LogP contribution in [0.1, 0.15) is 34.7 Å². The predicted octanol–water partition coefficient (Wildman–Crippen LogP) is 3.29. The first-order chi connectivity index (χ1) is 10.8. The minimum absolute atomic E-state index is 0. The number of hydrogen-bond acceptors (Lipinski definition) is 3. The number of nitrogens with one attached hydrogen (secondary N) is 1. The van der Waals surface area contributed by atoms with Gasteiger partial charge in [-0.2, -0.15) is 0 Å². The zero-order valence-corrected chi connectivity index (χ0v) is 16.3. The number of rotatable bonds is 5. The fourth-order valence-corrected chi connectivity index (χ4v) is 3.42. The molecule has 0 radical (unpaired) electrons. The van der Waals surface area contributed by atoms with Crippen LogP contribution in [0.4, 0.5) is 0 Å². The molecule has 3 rings (SSSR count). The number of hydrogen-bond donors (Lipinski definition) is 2. The molecular formula is C17H23IN4S. The van der Waals surface area contributed by atoms with Crippen LogP contribution in [0, 0.1) is 0 Å². The van der Waals surface area contributed by atoms with E-state index in [1.165, 1.54) is 29.0 Å². The van der Waals surface area contributed by atoms with Crippen molar-refractivity contribution in [1.29, 1.82) is 0 Å². The van der Waals surface area contributed by atoms with E-state index in [-0.39, 0.29) is 24.0 Å². The van der Waals surface area contributed by atoms with E-state index in [4.69, 9.17) is 10.7 Å². The van der Waals surface area contributed by atoms with Gasteiger partial charge in [0, 0.05) is 17.1 Å². The molecule has 0 aromatic carbocycles. The van der Waals surface area contributed by atoms with E-state index < -0.39 is 0 Å². The van der Waals surface area contributed by atoms with Gasteiger partial charge in [-0.25, -0.2) is 4.99 Å². The lowest BCUT2D eigenvalue weighted by Gasteiger charge is -2.15. The van der Waals surface area contributed by atoms with Gasteiger partial charge in [0.1, 0.15) is 0 Å². The van der Waals surface area contributed by atoms with E-state index in [1.54, 1.807) is 11.3 Å². The van der Waals surface area contributed by atoms with Gasteiger partial charge in [0.25, 0.3) is 0 Å². The van der Waals surface area contributed by atoms with Gasteiger partial charge in [-0.3, -0.25) is 4.98 Å². The van der Waals surface area contributed by atoms with Crippen LogP contribution in [-0.2, 0) is 25.8 Å². The first-order valence-corrected chi connectivity index (χ1v) is 8.73. The van der Waals surface area contributed by atoms with E-state index in [2.05, 4.69) is 40.0 Å². The lowest BCUT2D eigenvalue weighted by molar-refractivity contribution is 0.663. The summed E-state index contributed by atoms with van der Waals surface area (Å²) in [5.74, 6) is 0.496. The summed E-state index contributed by atoms with van der Waals surface area (Å²) in [6.45, 7) is 1.36. The molecule has 0 unspecified atom stereocenters. The van der Waals surface area contributed by atoms with Gasteiger partial charge < -0.3 is 11.1 Å². The minimum Gasteiger partial charge on any atom is -0.370 e. The molecule has 0 saturated carbocycles. The highest BCUT2D eigenvalue weighted by molar-refractivity contribution is 14.0. The van der Waals surface area contributed by atoms with E-state index in [0.29, 0.717) is 12.5 Å². The summed E-state index contributed by atoms with van der Waals surface area (Å²) in [5.41, 5.74) is 9.57. The molecule has 2 aromatic rings. The second-order valence-electron chi connectivity index (χ2n) is 5.57. The van der Waals surface area contributed by atoms with Gasteiger partial charge in [0.05, 0.1) is 12.2 Å².